The summed E-state index contributed by atoms with van der Waals surface area (Å²) in [4.78, 5) is 0. The summed E-state index contributed by atoms with van der Waals surface area (Å²) in [5.41, 5.74) is 7.55. The molecule has 1 saturated carbocycles. The molecule has 0 aromatic carbocycles. The highest BCUT2D eigenvalue weighted by molar-refractivity contribution is 4.94. The minimum atomic E-state index is 0.120. The Bertz CT molecular complexity index is 212. The Kier molecular flexibility index (Phi) is 3.55. The van der Waals surface area contributed by atoms with Crippen LogP contribution in [-0.4, -0.2) is 5.54 Å². The highest BCUT2D eigenvalue weighted by Gasteiger charge is 2.37. The van der Waals surface area contributed by atoms with Gasteiger partial charge < -0.3 is 5.73 Å². The van der Waals surface area contributed by atoms with E-state index < -0.39 is 0 Å². The van der Waals surface area contributed by atoms with Crippen molar-refractivity contribution in [2.24, 2.45) is 16.6 Å². The molecule has 1 heteroatoms. The van der Waals surface area contributed by atoms with E-state index in [0.717, 1.165) is 0 Å². The fourth-order valence-electron chi connectivity index (χ4n) is 2.89. The predicted molar refractivity (Wildman–Crippen MR) is 67.9 cm³/mol. The predicted octanol–water partition coefficient (Wildman–Crippen LogP) is 4.11. The normalized spacial score (nSPS) is 31.6. The molecule has 1 rings (SSSR count). The minimum Gasteiger partial charge on any atom is -0.325 e. The highest BCUT2D eigenvalue weighted by Crippen LogP contribution is 2.42. The molecule has 1 aliphatic rings. The van der Waals surface area contributed by atoms with Crippen LogP contribution in [0.5, 0.6) is 0 Å². The molecular weight excluding hydrogens is 182 g/mol. The Hall–Kier alpha value is -0.0400. The highest BCUT2D eigenvalue weighted by atomic mass is 14.8. The van der Waals surface area contributed by atoms with E-state index in [0.29, 0.717) is 10.8 Å². The Labute approximate surface area is 95.8 Å². The van der Waals surface area contributed by atoms with Crippen LogP contribution in [0, 0.1) is 10.8 Å². The van der Waals surface area contributed by atoms with Crippen molar-refractivity contribution < 1.29 is 0 Å². The summed E-state index contributed by atoms with van der Waals surface area (Å²) in [6.45, 7) is 11.7. The third kappa shape index (κ3) is 4.55. The summed E-state index contributed by atoms with van der Waals surface area (Å²) in [7, 11) is 0. The lowest BCUT2D eigenvalue weighted by Crippen LogP contribution is -2.47. The molecule has 90 valence electrons. The van der Waals surface area contributed by atoms with Crippen molar-refractivity contribution in [2.75, 3.05) is 0 Å². The second-order valence-corrected chi connectivity index (χ2v) is 7.62. The van der Waals surface area contributed by atoms with E-state index >= 15 is 0 Å². The van der Waals surface area contributed by atoms with E-state index in [-0.39, 0.29) is 5.54 Å². The van der Waals surface area contributed by atoms with E-state index in [1.807, 2.05) is 0 Å². The quantitative estimate of drug-likeness (QED) is 0.731. The number of hydrogen-bond acceptors (Lipinski definition) is 1. The van der Waals surface area contributed by atoms with Crippen LogP contribution in [0.2, 0.25) is 0 Å². The van der Waals surface area contributed by atoms with Crippen LogP contribution in [-0.2, 0) is 0 Å². The van der Waals surface area contributed by atoms with Crippen LogP contribution in [0.1, 0.15) is 73.1 Å². The fourth-order valence-corrected chi connectivity index (χ4v) is 2.89. The van der Waals surface area contributed by atoms with Crippen LogP contribution in [0.15, 0.2) is 0 Å². The fraction of sp³-hybridized carbons (Fsp3) is 1.00. The van der Waals surface area contributed by atoms with Crippen molar-refractivity contribution in [1.82, 2.24) is 0 Å². The maximum Gasteiger partial charge on any atom is 0.0159 e. The summed E-state index contributed by atoms with van der Waals surface area (Å²) in [5.74, 6) is 0. The molecular formula is C14H29N. The maximum atomic E-state index is 6.54. The molecule has 15 heavy (non-hydrogen) atoms. The second kappa shape index (κ2) is 4.08. The topological polar surface area (TPSA) is 26.0 Å². The molecule has 1 aliphatic carbocycles. The Morgan fingerprint density at radius 1 is 1.13 bits per heavy atom. The third-order valence-electron chi connectivity index (χ3n) is 3.73. The summed E-state index contributed by atoms with van der Waals surface area (Å²) < 4.78 is 0. The monoisotopic (exact) mass is 211 g/mol. The Balaban J connectivity index is 2.51. The van der Waals surface area contributed by atoms with Gasteiger partial charge in [-0.25, -0.2) is 0 Å². The summed E-state index contributed by atoms with van der Waals surface area (Å²) in [5, 5.41) is 0. The van der Waals surface area contributed by atoms with Gasteiger partial charge in [0, 0.05) is 5.54 Å². The molecule has 0 heterocycles. The molecule has 1 fully saturated rings. The van der Waals surface area contributed by atoms with Crippen molar-refractivity contribution in [3.8, 4) is 0 Å². The van der Waals surface area contributed by atoms with Gasteiger partial charge in [0.05, 0.1) is 0 Å². The Morgan fingerprint density at radius 3 is 2.20 bits per heavy atom. The van der Waals surface area contributed by atoms with Crippen molar-refractivity contribution in [3.05, 3.63) is 0 Å². The number of nitrogens with two attached hydrogens (primary N) is 1. The first-order valence-corrected chi connectivity index (χ1v) is 6.41. The lowest BCUT2D eigenvalue weighted by molar-refractivity contribution is 0.131. The smallest absolute Gasteiger partial charge is 0.0159 e. The molecule has 1 unspecified atom stereocenters. The van der Waals surface area contributed by atoms with Gasteiger partial charge in [-0.15, -0.1) is 0 Å². The van der Waals surface area contributed by atoms with Gasteiger partial charge in [-0.05, 0) is 42.9 Å². The van der Waals surface area contributed by atoms with E-state index in [1.54, 1.807) is 0 Å². The molecule has 0 amide bonds. The molecule has 0 radical (unpaired) electrons. The second-order valence-electron chi connectivity index (χ2n) is 7.62. The van der Waals surface area contributed by atoms with Crippen molar-refractivity contribution in [3.63, 3.8) is 0 Å². The zero-order valence-electron chi connectivity index (χ0n) is 11.3. The zero-order chi connectivity index (χ0) is 11.7. The van der Waals surface area contributed by atoms with Gasteiger partial charge in [0.1, 0.15) is 0 Å². The average Bonchev–Trinajstić information content (AvgIpc) is 1.97. The standard InChI is InChI=1S/C14H29N/c1-12(2,3)9-10-14(15)8-6-7-13(4,5)11-14/h6-11,15H2,1-5H3. The van der Waals surface area contributed by atoms with Gasteiger partial charge in [0.25, 0.3) is 0 Å². The Morgan fingerprint density at radius 2 is 1.73 bits per heavy atom. The van der Waals surface area contributed by atoms with Crippen molar-refractivity contribution >= 4 is 0 Å². The van der Waals surface area contributed by atoms with Gasteiger partial charge in [-0.2, -0.15) is 0 Å². The third-order valence-corrected chi connectivity index (χ3v) is 3.73. The largest absolute Gasteiger partial charge is 0.325 e. The SMILES string of the molecule is CC(C)(C)CCC1(N)CCCC(C)(C)C1. The number of hydrogen-bond donors (Lipinski definition) is 1. The van der Waals surface area contributed by atoms with Crippen LogP contribution in [0.3, 0.4) is 0 Å². The zero-order valence-corrected chi connectivity index (χ0v) is 11.3. The van der Waals surface area contributed by atoms with E-state index in [1.165, 1.54) is 38.5 Å². The van der Waals surface area contributed by atoms with Gasteiger partial charge in [-0.3, -0.25) is 0 Å². The maximum absolute atomic E-state index is 6.54. The average molecular weight is 211 g/mol. The van der Waals surface area contributed by atoms with Gasteiger partial charge in [0.15, 0.2) is 0 Å². The van der Waals surface area contributed by atoms with E-state index in [4.69, 9.17) is 5.73 Å². The lowest BCUT2D eigenvalue weighted by atomic mass is 9.66. The van der Waals surface area contributed by atoms with Gasteiger partial charge in [0.2, 0.25) is 0 Å². The molecule has 1 nitrogen and oxygen atoms in total. The van der Waals surface area contributed by atoms with Crippen molar-refractivity contribution in [2.45, 2.75) is 78.7 Å². The molecule has 0 aromatic rings. The lowest BCUT2D eigenvalue weighted by Gasteiger charge is -2.43. The molecule has 1 atom stereocenters. The van der Waals surface area contributed by atoms with Gasteiger partial charge in [-0.1, -0.05) is 41.0 Å². The molecule has 0 aliphatic heterocycles. The van der Waals surface area contributed by atoms with Gasteiger partial charge >= 0.3 is 0 Å². The van der Waals surface area contributed by atoms with Crippen LogP contribution in [0.4, 0.5) is 0 Å². The molecule has 0 saturated heterocycles. The van der Waals surface area contributed by atoms with E-state index in [9.17, 15) is 0 Å². The molecule has 2 N–H and O–H groups in total. The molecule has 0 aromatic heterocycles. The molecule has 0 spiro atoms. The van der Waals surface area contributed by atoms with Crippen LogP contribution < -0.4 is 5.73 Å². The summed E-state index contributed by atoms with van der Waals surface area (Å²) in [6.07, 6.45) is 7.54. The number of rotatable bonds is 2. The summed E-state index contributed by atoms with van der Waals surface area (Å²) in [6, 6.07) is 0. The van der Waals surface area contributed by atoms with E-state index in [2.05, 4.69) is 34.6 Å². The van der Waals surface area contributed by atoms with Crippen LogP contribution in [0.25, 0.3) is 0 Å². The first-order valence-electron chi connectivity index (χ1n) is 6.41. The summed E-state index contributed by atoms with van der Waals surface area (Å²) >= 11 is 0. The van der Waals surface area contributed by atoms with Crippen LogP contribution >= 0.6 is 0 Å². The first kappa shape index (κ1) is 13.0. The minimum absolute atomic E-state index is 0.120. The first-order chi connectivity index (χ1) is 6.62. The van der Waals surface area contributed by atoms with Crippen molar-refractivity contribution in [1.29, 1.82) is 0 Å². The molecule has 0 bridgehead atoms.